The Balaban J connectivity index is 3.37. The van der Waals surface area contributed by atoms with Gasteiger partial charge in [-0.3, -0.25) is 9.59 Å². The predicted molar refractivity (Wildman–Crippen MR) is 169 cm³/mol. The third-order valence-electron chi connectivity index (χ3n) is 7.84. The van der Waals surface area contributed by atoms with Crippen LogP contribution in [0.3, 0.4) is 0 Å². The van der Waals surface area contributed by atoms with Gasteiger partial charge in [0.1, 0.15) is 19.3 Å². The molecule has 1 atom stereocenters. The Bertz CT molecular complexity index is 536. The number of carbonyl (C=O) groups excluding carboxylic acids is 2. The maximum atomic E-state index is 11.9. The lowest BCUT2D eigenvalue weighted by atomic mass is 10.0. The molecule has 0 amide bonds. The number of aliphatic hydroxyl groups excluding tert-OH is 1. The molecule has 0 saturated heterocycles. The average molecular weight is 569 g/mol. The largest absolute Gasteiger partial charge is 0.463 e. The summed E-state index contributed by atoms with van der Waals surface area (Å²) in [5.74, 6) is -0.558. The van der Waals surface area contributed by atoms with E-state index in [0.717, 1.165) is 32.1 Å². The van der Waals surface area contributed by atoms with Gasteiger partial charge in [-0.25, -0.2) is 0 Å². The lowest BCUT2D eigenvalue weighted by Gasteiger charge is -2.12. The second-order valence-electron chi connectivity index (χ2n) is 12.0. The van der Waals surface area contributed by atoms with Gasteiger partial charge in [0, 0.05) is 12.8 Å². The molecule has 0 radical (unpaired) electrons. The van der Waals surface area contributed by atoms with Gasteiger partial charge < -0.3 is 14.6 Å². The van der Waals surface area contributed by atoms with E-state index in [2.05, 4.69) is 13.8 Å². The van der Waals surface area contributed by atoms with Gasteiger partial charge in [0.15, 0.2) is 0 Å². The normalized spacial score (nSPS) is 12.0. The molecule has 0 aromatic heterocycles. The summed E-state index contributed by atoms with van der Waals surface area (Å²) in [5.41, 5.74) is 0. The first kappa shape index (κ1) is 38.9. The van der Waals surface area contributed by atoms with Crippen LogP contribution in [0.1, 0.15) is 194 Å². The quantitative estimate of drug-likeness (QED) is 0.0645. The summed E-state index contributed by atoms with van der Waals surface area (Å²) in [7, 11) is 0. The molecule has 0 aliphatic rings. The first-order valence-electron chi connectivity index (χ1n) is 17.6. The van der Waals surface area contributed by atoms with Crippen LogP contribution in [0.2, 0.25) is 0 Å². The summed E-state index contributed by atoms with van der Waals surface area (Å²) < 4.78 is 10.3. The smallest absolute Gasteiger partial charge is 0.305 e. The summed E-state index contributed by atoms with van der Waals surface area (Å²) in [4.78, 5) is 23.7. The number of unbranched alkanes of at least 4 members (excludes halogenated alkanes) is 24. The molecule has 0 heterocycles. The first-order chi connectivity index (χ1) is 19.6. The third kappa shape index (κ3) is 31.4. The Morgan fingerprint density at radius 3 is 0.900 bits per heavy atom. The molecular weight excluding hydrogens is 500 g/mol. The number of esters is 2. The Morgan fingerprint density at radius 1 is 0.425 bits per heavy atom. The van der Waals surface area contributed by atoms with E-state index in [-0.39, 0.29) is 25.2 Å². The van der Waals surface area contributed by atoms with Crippen molar-refractivity contribution in [1.29, 1.82) is 0 Å². The lowest BCUT2D eigenvalue weighted by molar-refractivity contribution is -0.152. The zero-order valence-electron chi connectivity index (χ0n) is 26.9. The van der Waals surface area contributed by atoms with E-state index in [1.807, 2.05) is 0 Å². The molecule has 0 saturated carbocycles. The first-order valence-corrected chi connectivity index (χ1v) is 17.6. The van der Waals surface area contributed by atoms with Gasteiger partial charge in [-0.05, 0) is 12.8 Å². The van der Waals surface area contributed by atoms with Crippen LogP contribution >= 0.6 is 0 Å². The molecule has 0 aromatic carbocycles. The summed E-state index contributed by atoms with van der Waals surface area (Å²) in [6, 6.07) is 0. The van der Waals surface area contributed by atoms with E-state index < -0.39 is 6.10 Å². The van der Waals surface area contributed by atoms with Gasteiger partial charge in [-0.15, -0.1) is 0 Å². The maximum Gasteiger partial charge on any atom is 0.305 e. The van der Waals surface area contributed by atoms with E-state index in [4.69, 9.17) is 9.47 Å². The van der Waals surface area contributed by atoms with Crippen molar-refractivity contribution in [3.8, 4) is 0 Å². The molecule has 0 fully saturated rings. The highest BCUT2D eigenvalue weighted by Crippen LogP contribution is 2.15. The van der Waals surface area contributed by atoms with Crippen LogP contribution in [0.15, 0.2) is 0 Å². The summed E-state index contributed by atoms with van der Waals surface area (Å²) in [6.45, 7) is 4.29. The van der Waals surface area contributed by atoms with Crippen molar-refractivity contribution in [2.75, 3.05) is 13.2 Å². The molecular formula is C35H68O5. The Kier molecular flexibility index (Phi) is 31.5. The van der Waals surface area contributed by atoms with Crippen molar-refractivity contribution in [3.05, 3.63) is 0 Å². The molecule has 0 rings (SSSR count). The number of aliphatic hydroxyl groups is 1. The summed E-state index contributed by atoms with van der Waals surface area (Å²) in [5, 5.41) is 9.94. The van der Waals surface area contributed by atoms with Gasteiger partial charge in [-0.1, -0.05) is 168 Å². The molecule has 0 bridgehead atoms. The minimum absolute atomic E-state index is 0.108. The monoisotopic (exact) mass is 569 g/mol. The highest BCUT2D eigenvalue weighted by molar-refractivity contribution is 5.69. The van der Waals surface area contributed by atoms with Crippen LogP contribution in [-0.4, -0.2) is 36.4 Å². The molecule has 40 heavy (non-hydrogen) atoms. The fraction of sp³-hybridized carbons (Fsp3) is 0.943. The van der Waals surface area contributed by atoms with Crippen LogP contribution in [-0.2, 0) is 19.1 Å². The minimum atomic E-state index is -0.952. The third-order valence-corrected chi connectivity index (χ3v) is 7.84. The molecule has 0 aromatic rings. The number of hydrogen-bond donors (Lipinski definition) is 1. The Hall–Kier alpha value is -1.10. The zero-order valence-corrected chi connectivity index (χ0v) is 26.9. The second-order valence-corrected chi connectivity index (χ2v) is 12.0. The fourth-order valence-electron chi connectivity index (χ4n) is 5.14. The Labute approximate surface area is 248 Å². The maximum absolute atomic E-state index is 11.9. The van der Waals surface area contributed by atoms with E-state index in [1.54, 1.807) is 0 Å². The molecule has 5 nitrogen and oxygen atoms in total. The van der Waals surface area contributed by atoms with Crippen LogP contribution in [0, 0.1) is 0 Å². The fourth-order valence-corrected chi connectivity index (χ4v) is 5.14. The SMILES string of the molecule is CCCCCCCCCCCCCCCCCCCC(=O)OC[C@H](O)COC(=O)CCCCCCCCCCC. The van der Waals surface area contributed by atoms with E-state index in [1.165, 1.54) is 135 Å². The van der Waals surface area contributed by atoms with E-state index in [0.29, 0.717) is 12.8 Å². The van der Waals surface area contributed by atoms with Crippen molar-refractivity contribution >= 4 is 11.9 Å². The molecule has 5 heteroatoms. The van der Waals surface area contributed by atoms with Crippen LogP contribution in [0.5, 0.6) is 0 Å². The molecule has 0 aliphatic heterocycles. The number of ether oxygens (including phenoxy) is 2. The predicted octanol–water partition coefficient (Wildman–Crippen LogP) is 10.4. The van der Waals surface area contributed by atoms with Crippen LogP contribution in [0.4, 0.5) is 0 Å². The van der Waals surface area contributed by atoms with E-state index in [9.17, 15) is 14.7 Å². The lowest BCUT2D eigenvalue weighted by Crippen LogP contribution is -2.25. The molecule has 1 N–H and O–H groups in total. The average Bonchev–Trinajstić information content (AvgIpc) is 2.95. The van der Waals surface area contributed by atoms with Crippen molar-refractivity contribution in [2.24, 2.45) is 0 Å². The molecule has 0 spiro atoms. The number of rotatable bonds is 32. The van der Waals surface area contributed by atoms with Crippen molar-refractivity contribution < 1.29 is 24.2 Å². The highest BCUT2D eigenvalue weighted by Gasteiger charge is 2.12. The van der Waals surface area contributed by atoms with Gasteiger partial charge in [0.05, 0.1) is 0 Å². The highest BCUT2D eigenvalue weighted by atomic mass is 16.6. The Morgan fingerprint density at radius 2 is 0.650 bits per heavy atom. The van der Waals surface area contributed by atoms with Gasteiger partial charge >= 0.3 is 11.9 Å². The van der Waals surface area contributed by atoms with Crippen molar-refractivity contribution in [2.45, 2.75) is 200 Å². The van der Waals surface area contributed by atoms with Crippen molar-refractivity contribution in [3.63, 3.8) is 0 Å². The molecule has 0 unspecified atom stereocenters. The van der Waals surface area contributed by atoms with Crippen molar-refractivity contribution in [1.82, 2.24) is 0 Å². The van der Waals surface area contributed by atoms with E-state index >= 15 is 0 Å². The molecule has 0 aliphatic carbocycles. The second kappa shape index (κ2) is 32.4. The van der Waals surface area contributed by atoms with Gasteiger partial charge in [-0.2, -0.15) is 0 Å². The number of hydrogen-bond acceptors (Lipinski definition) is 5. The summed E-state index contributed by atoms with van der Waals surface area (Å²) >= 11 is 0. The summed E-state index contributed by atoms with van der Waals surface area (Å²) in [6.07, 6.45) is 33.0. The standard InChI is InChI=1S/C35H68O5/c1-3-5-7-9-11-13-14-15-16-17-18-19-20-22-24-26-28-30-35(38)40-32-33(36)31-39-34(37)29-27-25-23-21-12-10-8-6-4-2/h33,36H,3-32H2,1-2H3/t33-/m1/s1. The topological polar surface area (TPSA) is 72.8 Å². The van der Waals surface area contributed by atoms with Gasteiger partial charge in [0.2, 0.25) is 0 Å². The van der Waals surface area contributed by atoms with Gasteiger partial charge in [0.25, 0.3) is 0 Å². The van der Waals surface area contributed by atoms with Crippen LogP contribution in [0.25, 0.3) is 0 Å². The van der Waals surface area contributed by atoms with Crippen LogP contribution < -0.4 is 0 Å². The molecule has 238 valence electrons. The minimum Gasteiger partial charge on any atom is -0.463 e. The number of carbonyl (C=O) groups is 2. The zero-order chi connectivity index (χ0) is 29.4.